The third-order valence-electron chi connectivity index (χ3n) is 2.46. The highest BCUT2D eigenvalue weighted by Gasteiger charge is 2.13. The van der Waals surface area contributed by atoms with Crippen LogP contribution in [0.5, 0.6) is 0 Å². The standard InChI is InChI=1S/C11H16N4S/c1-4-9(10-12-5-6-16-10)14-11-13-8(2)7-15(11)3/h5-7,9H,4H2,1-3H3,(H,13,14). The molecule has 5 heteroatoms. The molecule has 2 heterocycles. The Morgan fingerprint density at radius 2 is 2.38 bits per heavy atom. The number of hydrogen-bond acceptors (Lipinski definition) is 4. The van der Waals surface area contributed by atoms with Crippen molar-refractivity contribution in [1.82, 2.24) is 14.5 Å². The van der Waals surface area contributed by atoms with Crippen molar-refractivity contribution in [3.63, 3.8) is 0 Å². The van der Waals surface area contributed by atoms with E-state index in [2.05, 4.69) is 22.2 Å². The normalized spacial score (nSPS) is 12.7. The van der Waals surface area contributed by atoms with Crippen LogP contribution in [-0.4, -0.2) is 14.5 Å². The molecule has 1 atom stereocenters. The predicted molar refractivity (Wildman–Crippen MR) is 66.7 cm³/mol. The molecule has 0 fully saturated rings. The third-order valence-corrected chi connectivity index (χ3v) is 3.35. The topological polar surface area (TPSA) is 42.7 Å². The predicted octanol–water partition coefficient (Wildman–Crippen LogP) is 2.75. The molecule has 0 radical (unpaired) electrons. The van der Waals surface area contributed by atoms with E-state index in [9.17, 15) is 0 Å². The zero-order valence-electron chi connectivity index (χ0n) is 9.77. The molecule has 0 aliphatic carbocycles. The Bertz CT molecular complexity index is 447. The van der Waals surface area contributed by atoms with Gasteiger partial charge >= 0.3 is 0 Å². The molecule has 2 aromatic heterocycles. The van der Waals surface area contributed by atoms with Crippen LogP contribution in [0.25, 0.3) is 0 Å². The largest absolute Gasteiger partial charge is 0.346 e. The second kappa shape index (κ2) is 4.65. The molecular weight excluding hydrogens is 220 g/mol. The van der Waals surface area contributed by atoms with Gasteiger partial charge in [-0.1, -0.05) is 6.92 Å². The number of aromatic nitrogens is 3. The van der Waals surface area contributed by atoms with Crippen LogP contribution in [0.3, 0.4) is 0 Å². The van der Waals surface area contributed by atoms with E-state index in [0.717, 1.165) is 23.1 Å². The average molecular weight is 236 g/mol. The monoisotopic (exact) mass is 236 g/mol. The Balaban J connectivity index is 2.16. The Morgan fingerprint density at radius 1 is 1.56 bits per heavy atom. The summed E-state index contributed by atoms with van der Waals surface area (Å²) in [5.74, 6) is 0.902. The van der Waals surface area contributed by atoms with Gasteiger partial charge in [0, 0.05) is 24.8 Å². The fourth-order valence-electron chi connectivity index (χ4n) is 1.65. The van der Waals surface area contributed by atoms with Crippen molar-refractivity contribution in [2.45, 2.75) is 26.3 Å². The van der Waals surface area contributed by atoms with E-state index in [1.807, 2.05) is 36.3 Å². The highest BCUT2D eigenvalue weighted by Crippen LogP contribution is 2.23. The SMILES string of the molecule is CCC(Nc1nc(C)cn1C)c1nccs1. The third kappa shape index (κ3) is 2.24. The summed E-state index contributed by atoms with van der Waals surface area (Å²) < 4.78 is 2.01. The molecule has 2 aromatic rings. The van der Waals surface area contributed by atoms with Crippen LogP contribution in [0, 0.1) is 6.92 Å². The summed E-state index contributed by atoms with van der Waals surface area (Å²) in [5, 5.41) is 6.54. The van der Waals surface area contributed by atoms with Crippen molar-refractivity contribution in [3.05, 3.63) is 28.5 Å². The highest BCUT2D eigenvalue weighted by molar-refractivity contribution is 7.09. The van der Waals surface area contributed by atoms with E-state index in [4.69, 9.17) is 0 Å². The minimum atomic E-state index is 0.250. The van der Waals surface area contributed by atoms with Crippen molar-refractivity contribution in [1.29, 1.82) is 0 Å². The van der Waals surface area contributed by atoms with Gasteiger partial charge in [0.2, 0.25) is 5.95 Å². The lowest BCUT2D eigenvalue weighted by molar-refractivity contribution is 0.721. The molecule has 0 amide bonds. The number of rotatable bonds is 4. The summed E-state index contributed by atoms with van der Waals surface area (Å²) in [6.45, 7) is 4.14. The molecule has 0 aliphatic heterocycles. The quantitative estimate of drug-likeness (QED) is 0.887. The van der Waals surface area contributed by atoms with Gasteiger partial charge in [-0.3, -0.25) is 0 Å². The van der Waals surface area contributed by atoms with Gasteiger partial charge in [0.1, 0.15) is 5.01 Å². The van der Waals surface area contributed by atoms with Crippen LogP contribution < -0.4 is 5.32 Å². The molecular formula is C11H16N4S. The molecule has 16 heavy (non-hydrogen) atoms. The van der Waals surface area contributed by atoms with Gasteiger partial charge in [-0.2, -0.15) is 0 Å². The van der Waals surface area contributed by atoms with Crippen LogP contribution in [0.2, 0.25) is 0 Å². The van der Waals surface area contributed by atoms with E-state index in [1.165, 1.54) is 0 Å². The maximum atomic E-state index is 4.44. The van der Waals surface area contributed by atoms with Crippen molar-refractivity contribution in [2.75, 3.05) is 5.32 Å². The fourth-order valence-corrected chi connectivity index (χ4v) is 2.42. The molecule has 4 nitrogen and oxygen atoms in total. The van der Waals surface area contributed by atoms with Gasteiger partial charge < -0.3 is 9.88 Å². The molecule has 0 saturated carbocycles. The first-order valence-corrected chi connectivity index (χ1v) is 6.24. The van der Waals surface area contributed by atoms with E-state index in [0.29, 0.717) is 0 Å². The van der Waals surface area contributed by atoms with Crippen LogP contribution in [-0.2, 0) is 7.05 Å². The lowest BCUT2D eigenvalue weighted by Crippen LogP contribution is -2.12. The van der Waals surface area contributed by atoms with Crippen molar-refractivity contribution in [3.8, 4) is 0 Å². The Hall–Kier alpha value is -1.36. The molecule has 1 N–H and O–H groups in total. The summed E-state index contributed by atoms with van der Waals surface area (Å²) in [6, 6.07) is 0.250. The molecule has 0 aliphatic rings. The molecule has 86 valence electrons. The number of imidazole rings is 1. The van der Waals surface area contributed by atoms with Crippen molar-refractivity contribution >= 4 is 17.3 Å². The molecule has 2 rings (SSSR count). The minimum Gasteiger partial charge on any atom is -0.346 e. The summed E-state index contributed by atoms with van der Waals surface area (Å²) in [6.07, 6.45) is 4.85. The van der Waals surface area contributed by atoms with E-state index in [1.54, 1.807) is 11.3 Å². The molecule has 1 unspecified atom stereocenters. The minimum absolute atomic E-state index is 0.250. The maximum Gasteiger partial charge on any atom is 0.203 e. The summed E-state index contributed by atoms with van der Waals surface area (Å²) >= 11 is 1.68. The van der Waals surface area contributed by atoms with E-state index in [-0.39, 0.29) is 6.04 Å². The van der Waals surface area contributed by atoms with Crippen LogP contribution in [0.1, 0.15) is 30.1 Å². The fraction of sp³-hybridized carbons (Fsp3) is 0.455. The average Bonchev–Trinajstić information content (AvgIpc) is 2.85. The van der Waals surface area contributed by atoms with Crippen molar-refractivity contribution < 1.29 is 0 Å². The zero-order valence-corrected chi connectivity index (χ0v) is 10.6. The smallest absolute Gasteiger partial charge is 0.203 e. The maximum absolute atomic E-state index is 4.44. The lowest BCUT2D eigenvalue weighted by atomic mass is 10.2. The van der Waals surface area contributed by atoms with Crippen LogP contribution in [0.15, 0.2) is 17.8 Å². The molecule has 0 aromatic carbocycles. The Kier molecular flexibility index (Phi) is 3.24. The zero-order chi connectivity index (χ0) is 11.5. The van der Waals surface area contributed by atoms with Gasteiger partial charge in [-0.05, 0) is 13.3 Å². The van der Waals surface area contributed by atoms with Gasteiger partial charge in [0.25, 0.3) is 0 Å². The molecule has 0 bridgehead atoms. The Morgan fingerprint density at radius 3 is 2.88 bits per heavy atom. The summed E-state index contributed by atoms with van der Waals surface area (Å²) in [5.41, 5.74) is 1.03. The first-order valence-electron chi connectivity index (χ1n) is 5.36. The van der Waals surface area contributed by atoms with Gasteiger partial charge in [-0.25, -0.2) is 9.97 Å². The molecule has 0 saturated heterocycles. The van der Waals surface area contributed by atoms with E-state index >= 15 is 0 Å². The number of nitrogens with zero attached hydrogens (tertiary/aromatic N) is 3. The second-order valence-electron chi connectivity index (χ2n) is 3.79. The second-order valence-corrected chi connectivity index (χ2v) is 4.72. The first kappa shape index (κ1) is 11.1. The lowest BCUT2D eigenvalue weighted by Gasteiger charge is -2.14. The van der Waals surface area contributed by atoms with Gasteiger partial charge in [0.15, 0.2) is 0 Å². The van der Waals surface area contributed by atoms with E-state index < -0.39 is 0 Å². The number of thiazole rings is 1. The summed E-state index contributed by atoms with van der Waals surface area (Å²) in [4.78, 5) is 8.78. The Labute approximate surface area is 99.4 Å². The number of anilines is 1. The molecule has 0 spiro atoms. The highest BCUT2D eigenvalue weighted by atomic mass is 32.1. The number of nitrogens with one attached hydrogen (secondary N) is 1. The van der Waals surface area contributed by atoms with Crippen molar-refractivity contribution in [2.24, 2.45) is 7.05 Å². The number of aryl methyl sites for hydroxylation is 2. The van der Waals surface area contributed by atoms with Crippen LogP contribution in [0.4, 0.5) is 5.95 Å². The van der Waals surface area contributed by atoms with Gasteiger partial charge in [0.05, 0.1) is 11.7 Å². The van der Waals surface area contributed by atoms with Crippen LogP contribution >= 0.6 is 11.3 Å². The van der Waals surface area contributed by atoms with Gasteiger partial charge in [-0.15, -0.1) is 11.3 Å². The number of hydrogen-bond donors (Lipinski definition) is 1. The summed E-state index contributed by atoms with van der Waals surface area (Å²) in [7, 11) is 2.00. The first-order chi connectivity index (χ1) is 7.70.